The van der Waals surface area contributed by atoms with Crippen LogP contribution in [0.3, 0.4) is 0 Å². The molecule has 0 unspecified atom stereocenters. The Kier molecular flexibility index (Phi) is 142. The predicted octanol–water partition coefficient (Wildman–Crippen LogP) is -2.94. The van der Waals surface area contributed by atoms with Crippen LogP contribution in [0, 0.1) is 0 Å². The van der Waals surface area contributed by atoms with E-state index in [9.17, 15) is 8.06 Å². The molecular formula is H3O20Pb8S4-. The zero-order valence-electron chi connectivity index (χ0n) is 13.9. The summed E-state index contributed by atoms with van der Waals surface area (Å²) in [6.07, 6.45) is 0. The van der Waals surface area contributed by atoms with Crippen LogP contribution in [0.5, 0.6) is 0 Å². The van der Waals surface area contributed by atoms with Crippen molar-refractivity contribution in [2.75, 3.05) is 0 Å². The Morgan fingerprint density at radius 1 is 0.594 bits per heavy atom. The number of hydrogen-bond donors (Lipinski definition) is 2. The van der Waals surface area contributed by atoms with E-state index in [-0.39, 0.29) is 51.6 Å². The van der Waals surface area contributed by atoms with Gasteiger partial charge in [0.05, 0.1) is 0 Å². The average Bonchev–Trinajstić information content (AvgIpc) is 2.84. The Morgan fingerprint density at radius 2 is 0.875 bits per heavy atom. The maximum absolute atomic E-state index is 9.59. The Labute approximate surface area is 298 Å². The molecule has 0 heterocycles. The van der Waals surface area contributed by atoms with Crippen molar-refractivity contribution in [2.24, 2.45) is 0 Å². The van der Waals surface area contributed by atoms with Gasteiger partial charge in [-0.2, -0.15) is 0 Å². The van der Waals surface area contributed by atoms with Gasteiger partial charge in [0.15, 0.2) is 0 Å². The van der Waals surface area contributed by atoms with Crippen LogP contribution in [0.15, 0.2) is 0 Å². The summed E-state index contributed by atoms with van der Waals surface area (Å²) < 4.78 is 82.0. The maximum atomic E-state index is 9.59. The second kappa shape index (κ2) is 83.2. The molecule has 20 nitrogen and oxygen atoms in total. The van der Waals surface area contributed by atoms with E-state index in [4.69, 9.17) is 24.3 Å². The molecule has 0 aromatic heterocycles. The van der Waals surface area contributed by atoms with E-state index in [0.29, 0.717) is 0 Å². The minimum absolute atomic E-state index is 0.0556. The summed E-state index contributed by atoms with van der Waals surface area (Å²) in [5, 5.41) is 35.4. The van der Waals surface area contributed by atoms with E-state index in [2.05, 4.69) is 68.2 Å². The van der Waals surface area contributed by atoms with Crippen LogP contribution in [-0.4, -0.2) is 204 Å². The van der Waals surface area contributed by atoms with Gasteiger partial charge in [0.1, 0.15) is 0 Å². The van der Waals surface area contributed by atoms with Gasteiger partial charge >= 0.3 is 286 Å². The second-order valence-corrected chi connectivity index (χ2v) is 20.2. The van der Waals surface area contributed by atoms with E-state index in [0.717, 1.165) is 0 Å². The van der Waals surface area contributed by atoms with Gasteiger partial charge in [-0.3, -0.25) is 0 Å². The molecule has 10 radical (unpaired) electrons. The zero-order valence-corrected chi connectivity index (χ0v) is 48.4. The van der Waals surface area contributed by atoms with Crippen molar-refractivity contribution in [3.05, 3.63) is 0 Å². The van der Waals surface area contributed by atoms with Crippen molar-refractivity contribution >= 4 is 231 Å². The van der Waals surface area contributed by atoms with Crippen LogP contribution in [0.2, 0.25) is 0 Å². The third-order valence-corrected chi connectivity index (χ3v) is 10.7. The minimum atomic E-state index is -2.20. The summed E-state index contributed by atoms with van der Waals surface area (Å²) in [5.74, 6) is 0. The molecule has 0 bridgehead atoms. The van der Waals surface area contributed by atoms with Crippen LogP contribution in [0.4, 0.5) is 0 Å². The van der Waals surface area contributed by atoms with Gasteiger partial charge in [-0.05, 0) is 0 Å². The van der Waals surface area contributed by atoms with Gasteiger partial charge in [0.2, 0.25) is 0 Å². The van der Waals surface area contributed by atoms with Crippen molar-refractivity contribution in [3.63, 3.8) is 0 Å². The van der Waals surface area contributed by atoms with Crippen molar-refractivity contribution in [2.45, 2.75) is 0 Å². The van der Waals surface area contributed by atoms with Crippen molar-refractivity contribution in [1.29, 1.82) is 0 Å². The molecule has 0 rings (SSSR count). The SMILES string of the molecule is O=[SH-]=O.OOO[O][Pb]=[S].OOO[O][Pb]=[S].[O]=[Pb].[O]=[Pb].[O]=[Pb][O]OO[O][Pb]=[S].[O]=[Pb][O][Pb]=[O]. The summed E-state index contributed by atoms with van der Waals surface area (Å²) in [6, 6.07) is 0. The molecule has 32 heteroatoms. The van der Waals surface area contributed by atoms with E-state index in [1.54, 1.807) is 0 Å². The van der Waals surface area contributed by atoms with Crippen LogP contribution >= 0.6 is 25.9 Å². The molecule has 0 aliphatic heterocycles. The first kappa shape index (κ1) is 54.5. The molecule has 0 saturated carbocycles. The van der Waals surface area contributed by atoms with Crippen molar-refractivity contribution in [3.8, 4) is 0 Å². The molecule has 0 aromatic carbocycles. The van der Waals surface area contributed by atoms with Crippen LogP contribution in [0.1, 0.15) is 0 Å². The molecule has 0 amide bonds. The molecular weight excluding hydrogens is 2110 g/mol. The summed E-state index contributed by atoms with van der Waals surface area (Å²) in [6.45, 7) is 0. The third-order valence-electron chi connectivity index (χ3n) is 0.444. The van der Waals surface area contributed by atoms with Gasteiger partial charge in [-0.25, -0.2) is 0 Å². The Morgan fingerprint density at radius 3 is 1.03 bits per heavy atom. The number of thiol groups is 1. The first-order chi connectivity index (χ1) is 15.6. The topological polar surface area (TPSA) is 261 Å². The fourth-order valence-electron chi connectivity index (χ4n) is 0.131. The van der Waals surface area contributed by atoms with Crippen LogP contribution in [-0.2, 0) is 75.6 Å². The Hall–Kier alpha value is 6.47. The average molecular weight is 2110 g/mol. The summed E-state index contributed by atoms with van der Waals surface area (Å²) >= 11 is -11.3. The van der Waals surface area contributed by atoms with E-state index >= 15 is 0 Å². The molecule has 0 spiro atoms. The predicted molar refractivity (Wildman–Crippen MR) is 99.6 cm³/mol. The number of rotatable bonds is 13. The fourth-order valence-corrected chi connectivity index (χ4v) is 3.04. The first-order valence-corrected chi connectivity index (χ1v) is 38.5. The normalized spacial score (nSPS) is 6.94. The van der Waals surface area contributed by atoms with Crippen molar-refractivity contribution in [1.82, 2.24) is 0 Å². The molecule has 0 saturated heterocycles. The summed E-state index contributed by atoms with van der Waals surface area (Å²) in [5.41, 5.74) is 0. The van der Waals surface area contributed by atoms with Crippen molar-refractivity contribution < 1.29 is 74.6 Å². The monoisotopic (exact) mass is 2110 g/mol. The van der Waals surface area contributed by atoms with E-state index in [1.165, 1.54) is 0 Å². The summed E-state index contributed by atoms with van der Waals surface area (Å²) in [7, 11) is 13.2. The van der Waals surface area contributed by atoms with Gasteiger partial charge in [-0.15, -0.1) is 0 Å². The Balaban J connectivity index is -0.0000000480. The second-order valence-electron chi connectivity index (χ2n) is 1.43. The molecule has 32 heavy (non-hydrogen) atoms. The standard InChI is InChI=1S/3H2O4.HO2S.6O.8Pb.3S/c3*1-3-4-2;1-3-2;;;;;;;;;;;;;;;;;/h3*1-2H;3H;;;;;;;;;;;;;;;;;/q;;;-1;;;;;;;;;;;4*+1;;;/p-4. The molecule has 0 aliphatic carbocycles. The summed E-state index contributed by atoms with van der Waals surface area (Å²) in [4.78, 5) is 0. The molecule has 180 valence electrons. The van der Waals surface area contributed by atoms with Crippen LogP contribution < -0.4 is 0 Å². The van der Waals surface area contributed by atoms with E-state index < -0.39 is 153 Å². The Bertz CT molecular complexity index is 375. The number of hydrogen-bond acceptors (Lipinski definition) is 24. The molecule has 0 atom stereocenters. The molecule has 0 aromatic rings. The van der Waals surface area contributed by atoms with E-state index in [1.807, 2.05) is 0 Å². The molecule has 0 fully saturated rings. The van der Waals surface area contributed by atoms with Gasteiger partial charge in [0.25, 0.3) is 0 Å². The van der Waals surface area contributed by atoms with Gasteiger partial charge in [-0.1, -0.05) is 11.6 Å². The van der Waals surface area contributed by atoms with Crippen LogP contribution in [0.25, 0.3) is 0 Å². The molecule has 2 N–H and O–H groups in total. The molecule has 0 aliphatic rings. The zero-order chi connectivity index (χ0) is 26.7. The fraction of sp³-hybridized carbons (Fsp3) is 0. The third kappa shape index (κ3) is 121. The van der Waals surface area contributed by atoms with Gasteiger partial charge in [0, 0.05) is 0 Å². The van der Waals surface area contributed by atoms with Gasteiger partial charge < -0.3 is 8.42 Å². The quantitative estimate of drug-likeness (QED) is 0.0467. The first-order valence-electron chi connectivity index (χ1n) is 4.75.